The van der Waals surface area contributed by atoms with Crippen LogP contribution in [0.4, 0.5) is 0 Å². The summed E-state index contributed by atoms with van der Waals surface area (Å²) in [5, 5.41) is 14.3. The topological polar surface area (TPSA) is 45.9 Å². The highest BCUT2D eigenvalue weighted by Gasteiger charge is 2.10. The third-order valence-corrected chi connectivity index (χ3v) is 4.94. The van der Waals surface area contributed by atoms with Gasteiger partial charge in [0.2, 0.25) is 0 Å². The summed E-state index contributed by atoms with van der Waals surface area (Å²) in [6.07, 6.45) is 1.97. The number of hydrogen-bond donors (Lipinski definition) is 0. The van der Waals surface area contributed by atoms with Gasteiger partial charge >= 0.3 is 0 Å². The van der Waals surface area contributed by atoms with Gasteiger partial charge in [-0.25, -0.2) is 4.98 Å². The maximum Gasteiger partial charge on any atom is 0.134 e. The Morgan fingerprint density at radius 3 is 2.83 bits per heavy atom. The molecule has 3 nitrogen and oxygen atoms in total. The van der Waals surface area contributed by atoms with Gasteiger partial charge < -0.3 is 4.74 Å². The van der Waals surface area contributed by atoms with E-state index in [0.717, 1.165) is 26.9 Å². The van der Waals surface area contributed by atoms with Crippen LogP contribution in [0.5, 0.6) is 5.75 Å². The van der Waals surface area contributed by atoms with E-state index in [2.05, 4.69) is 11.1 Å². The van der Waals surface area contributed by atoms with Crippen LogP contribution in [-0.4, -0.2) is 11.1 Å². The number of nitrogens with zero attached hydrogens (tertiary/aromatic N) is 2. The normalized spacial score (nSPS) is 11.5. The Balaban J connectivity index is 1.89. The summed E-state index contributed by atoms with van der Waals surface area (Å²) in [5.41, 5.74) is 2.41. The van der Waals surface area contributed by atoms with Gasteiger partial charge in [-0.15, -0.1) is 22.7 Å². The van der Waals surface area contributed by atoms with E-state index in [4.69, 9.17) is 4.74 Å². The van der Waals surface area contributed by atoms with Gasteiger partial charge in [-0.05, 0) is 49.1 Å². The molecule has 120 valence electrons. The highest BCUT2D eigenvalue weighted by molar-refractivity contribution is 7.14. The Morgan fingerprint density at radius 1 is 1.25 bits per heavy atom. The molecule has 0 radical (unpaired) electrons. The van der Waals surface area contributed by atoms with Crippen molar-refractivity contribution in [2.75, 3.05) is 0 Å². The zero-order valence-electron chi connectivity index (χ0n) is 13.4. The number of hydrogen-bond acceptors (Lipinski definition) is 5. The minimum atomic E-state index is 0.118. The molecule has 0 atom stereocenters. The first-order valence-electron chi connectivity index (χ1n) is 7.54. The van der Waals surface area contributed by atoms with Crippen LogP contribution in [0.25, 0.3) is 22.2 Å². The van der Waals surface area contributed by atoms with Crippen molar-refractivity contribution in [3.63, 3.8) is 0 Å². The molecule has 0 amide bonds. The van der Waals surface area contributed by atoms with Gasteiger partial charge in [0.25, 0.3) is 0 Å². The van der Waals surface area contributed by atoms with E-state index in [9.17, 15) is 5.26 Å². The molecule has 0 bridgehead atoms. The molecule has 0 unspecified atom stereocenters. The van der Waals surface area contributed by atoms with Crippen molar-refractivity contribution in [3.8, 4) is 22.4 Å². The van der Waals surface area contributed by atoms with E-state index < -0.39 is 0 Å². The Kier molecular flexibility index (Phi) is 5.09. The number of rotatable bonds is 5. The monoisotopic (exact) mass is 352 g/mol. The van der Waals surface area contributed by atoms with Crippen LogP contribution >= 0.6 is 22.7 Å². The molecule has 3 aromatic rings. The predicted octanol–water partition coefficient (Wildman–Crippen LogP) is 5.72. The van der Waals surface area contributed by atoms with Crippen LogP contribution in [0, 0.1) is 11.3 Å². The standard InChI is InChI=1S/C19H16N2OS2/c1-13(2)22-16-6-3-5-14(10-16)9-15(11-20)19-21-17(12-24-19)18-7-4-8-23-18/h3-10,12-13H,1-2H3/b15-9-. The van der Waals surface area contributed by atoms with Crippen LogP contribution in [0.15, 0.2) is 47.2 Å². The first-order valence-corrected chi connectivity index (χ1v) is 9.30. The van der Waals surface area contributed by atoms with Crippen LogP contribution in [0.3, 0.4) is 0 Å². The summed E-state index contributed by atoms with van der Waals surface area (Å²) in [6, 6.07) is 14.0. The fraction of sp³-hybridized carbons (Fsp3) is 0.158. The summed E-state index contributed by atoms with van der Waals surface area (Å²) in [7, 11) is 0. The molecule has 2 heterocycles. The lowest BCUT2D eigenvalue weighted by atomic mass is 10.1. The van der Waals surface area contributed by atoms with E-state index in [1.807, 2.05) is 67.1 Å². The van der Waals surface area contributed by atoms with Crippen molar-refractivity contribution < 1.29 is 4.74 Å². The van der Waals surface area contributed by atoms with Gasteiger partial charge in [0, 0.05) is 5.38 Å². The van der Waals surface area contributed by atoms with Crippen LogP contribution in [0.1, 0.15) is 24.4 Å². The molecule has 2 aromatic heterocycles. The molecular formula is C19H16N2OS2. The largest absolute Gasteiger partial charge is 0.491 e. The van der Waals surface area contributed by atoms with Gasteiger partial charge in [0.05, 0.1) is 22.2 Å². The first kappa shape index (κ1) is 16.4. The van der Waals surface area contributed by atoms with Crippen molar-refractivity contribution in [1.29, 1.82) is 5.26 Å². The van der Waals surface area contributed by atoms with Gasteiger partial charge in [0.15, 0.2) is 0 Å². The molecule has 0 N–H and O–H groups in total. The third kappa shape index (κ3) is 3.91. The average Bonchev–Trinajstić information content (AvgIpc) is 3.23. The lowest BCUT2D eigenvalue weighted by Gasteiger charge is -2.09. The van der Waals surface area contributed by atoms with E-state index in [-0.39, 0.29) is 6.10 Å². The number of allylic oxidation sites excluding steroid dienone is 1. The molecule has 0 fully saturated rings. The van der Waals surface area contributed by atoms with E-state index in [1.54, 1.807) is 11.3 Å². The fourth-order valence-electron chi connectivity index (χ4n) is 2.19. The molecule has 0 aliphatic carbocycles. The molecule has 24 heavy (non-hydrogen) atoms. The second kappa shape index (κ2) is 7.43. The minimum Gasteiger partial charge on any atom is -0.491 e. The summed E-state index contributed by atoms with van der Waals surface area (Å²) in [6.45, 7) is 3.98. The second-order valence-electron chi connectivity index (χ2n) is 5.42. The zero-order chi connectivity index (χ0) is 16.9. The second-order valence-corrected chi connectivity index (χ2v) is 7.23. The molecule has 3 rings (SSSR count). The Labute approximate surface area is 149 Å². The average molecular weight is 352 g/mol. The summed E-state index contributed by atoms with van der Waals surface area (Å²) in [4.78, 5) is 5.71. The minimum absolute atomic E-state index is 0.118. The summed E-state index contributed by atoms with van der Waals surface area (Å²) >= 11 is 3.13. The highest BCUT2D eigenvalue weighted by atomic mass is 32.1. The highest BCUT2D eigenvalue weighted by Crippen LogP contribution is 2.30. The van der Waals surface area contributed by atoms with Crippen LogP contribution in [-0.2, 0) is 0 Å². The maximum atomic E-state index is 9.52. The lowest BCUT2D eigenvalue weighted by Crippen LogP contribution is -2.05. The number of benzene rings is 1. The number of aromatic nitrogens is 1. The van der Waals surface area contributed by atoms with Crippen LogP contribution < -0.4 is 4.74 Å². The van der Waals surface area contributed by atoms with Crippen molar-refractivity contribution in [1.82, 2.24) is 4.98 Å². The van der Waals surface area contributed by atoms with Gasteiger partial charge in [-0.1, -0.05) is 18.2 Å². The third-order valence-electron chi connectivity index (χ3n) is 3.17. The van der Waals surface area contributed by atoms with Gasteiger partial charge in [-0.2, -0.15) is 5.26 Å². The smallest absolute Gasteiger partial charge is 0.134 e. The maximum absolute atomic E-state index is 9.52. The van der Waals surface area contributed by atoms with Crippen molar-refractivity contribution in [3.05, 3.63) is 57.7 Å². The quantitative estimate of drug-likeness (QED) is 0.551. The Bertz CT molecular complexity index is 886. The Morgan fingerprint density at radius 2 is 2.12 bits per heavy atom. The molecule has 1 aromatic carbocycles. The van der Waals surface area contributed by atoms with Crippen molar-refractivity contribution in [2.24, 2.45) is 0 Å². The molecule has 5 heteroatoms. The molecule has 0 aliphatic heterocycles. The number of thiophene rings is 1. The first-order chi connectivity index (χ1) is 11.7. The molecule has 0 spiro atoms. The molecule has 0 saturated carbocycles. The van der Waals surface area contributed by atoms with Gasteiger partial charge in [0.1, 0.15) is 16.8 Å². The van der Waals surface area contributed by atoms with Crippen molar-refractivity contribution >= 4 is 34.3 Å². The Hall–Kier alpha value is -2.42. The zero-order valence-corrected chi connectivity index (χ0v) is 15.0. The van der Waals surface area contributed by atoms with E-state index >= 15 is 0 Å². The fourth-order valence-corrected chi connectivity index (χ4v) is 3.74. The molecule has 0 saturated heterocycles. The van der Waals surface area contributed by atoms with Gasteiger partial charge in [-0.3, -0.25) is 0 Å². The number of thiazole rings is 1. The lowest BCUT2D eigenvalue weighted by molar-refractivity contribution is 0.242. The predicted molar refractivity (Wildman–Crippen MR) is 101 cm³/mol. The number of ether oxygens (including phenoxy) is 1. The molecular weight excluding hydrogens is 336 g/mol. The summed E-state index contributed by atoms with van der Waals surface area (Å²) < 4.78 is 5.71. The number of nitriles is 1. The SMILES string of the molecule is CC(C)Oc1cccc(/C=C(/C#N)c2nc(-c3cccs3)cs2)c1. The van der Waals surface area contributed by atoms with Crippen molar-refractivity contribution in [2.45, 2.75) is 20.0 Å². The summed E-state index contributed by atoms with van der Waals surface area (Å²) in [5.74, 6) is 0.800. The molecule has 0 aliphatic rings. The van der Waals surface area contributed by atoms with E-state index in [1.165, 1.54) is 11.3 Å². The van der Waals surface area contributed by atoms with Crippen LogP contribution in [0.2, 0.25) is 0 Å². The van der Waals surface area contributed by atoms with E-state index in [0.29, 0.717) is 5.57 Å².